The van der Waals surface area contributed by atoms with Gasteiger partial charge in [0.15, 0.2) is 0 Å². The van der Waals surface area contributed by atoms with Gasteiger partial charge in [-0.15, -0.1) is 0 Å². The molecule has 2 N–H and O–H groups in total. The molecule has 0 aromatic carbocycles. The van der Waals surface area contributed by atoms with Gasteiger partial charge in [-0.2, -0.15) is 0 Å². The van der Waals surface area contributed by atoms with Crippen molar-refractivity contribution in [2.75, 3.05) is 30.3 Å². The van der Waals surface area contributed by atoms with Gasteiger partial charge < -0.3 is 15.4 Å². The van der Waals surface area contributed by atoms with Crippen molar-refractivity contribution < 1.29 is 4.74 Å². The third-order valence-corrected chi connectivity index (χ3v) is 2.92. The Morgan fingerprint density at radius 2 is 2.44 bits per heavy atom. The number of anilines is 2. The minimum absolute atomic E-state index is 0.360. The summed E-state index contributed by atoms with van der Waals surface area (Å²) >= 11 is 0. The van der Waals surface area contributed by atoms with Crippen LogP contribution < -0.4 is 10.6 Å². The van der Waals surface area contributed by atoms with Crippen LogP contribution in [0.5, 0.6) is 0 Å². The van der Waals surface area contributed by atoms with Crippen LogP contribution >= 0.6 is 0 Å². The molecular weight excluding hydrogens is 202 g/mol. The number of rotatable bonds is 4. The Labute approximate surface area is 96.4 Å². The van der Waals surface area contributed by atoms with E-state index in [0.29, 0.717) is 11.8 Å². The highest BCUT2D eigenvalue weighted by molar-refractivity contribution is 5.45. The largest absolute Gasteiger partial charge is 0.397 e. The Morgan fingerprint density at radius 3 is 3.00 bits per heavy atom. The molecule has 0 aliphatic carbocycles. The van der Waals surface area contributed by atoms with Gasteiger partial charge in [-0.25, -0.2) is 4.98 Å². The van der Waals surface area contributed by atoms with Gasteiger partial charge in [0, 0.05) is 19.7 Å². The van der Waals surface area contributed by atoms with E-state index in [9.17, 15) is 0 Å². The smallest absolute Gasteiger partial charge is 0.128 e. The van der Waals surface area contributed by atoms with Gasteiger partial charge in [0.05, 0.1) is 18.0 Å². The van der Waals surface area contributed by atoms with Crippen LogP contribution in [0.15, 0.2) is 18.3 Å². The van der Waals surface area contributed by atoms with Crippen molar-refractivity contribution in [1.82, 2.24) is 4.98 Å². The molecule has 0 saturated carbocycles. The lowest BCUT2D eigenvalue weighted by atomic mass is 10.2. The maximum absolute atomic E-state index is 5.64. The van der Waals surface area contributed by atoms with E-state index in [1.54, 1.807) is 6.20 Å². The summed E-state index contributed by atoms with van der Waals surface area (Å²) in [5.74, 6) is 0.979. The molecule has 4 heteroatoms. The zero-order chi connectivity index (χ0) is 11.4. The van der Waals surface area contributed by atoms with E-state index in [1.807, 2.05) is 12.1 Å². The standard InChI is InChI=1S/C12H19N3O/c1-2-15(9-11-4-3-7-16-11)12-6-5-10(13)8-14-12/h5-6,8,11H,2-4,7,9,13H2,1H3. The zero-order valence-corrected chi connectivity index (χ0v) is 9.72. The first-order valence-corrected chi connectivity index (χ1v) is 5.87. The molecule has 16 heavy (non-hydrogen) atoms. The maximum atomic E-state index is 5.64. The van der Waals surface area contributed by atoms with E-state index in [1.165, 1.54) is 6.42 Å². The molecule has 1 aliphatic heterocycles. The highest BCUT2D eigenvalue weighted by Crippen LogP contribution is 2.17. The van der Waals surface area contributed by atoms with Gasteiger partial charge >= 0.3 is 0 Å². The molecule has 1 unspecified atom stereocenters. The third kappa shape index (κ3) is 2.64. The predicted octanol–water partition coefficient (Wildman–Crippen LogP) is 1.67. The van der Waals surface area contributed by atoms with Crippen LogP contribution in [0.25, 0.3) is 0 Å². The van der Waals surface area contributed by atoms with Crippen molar-refractivity contribution in [2.24, 2.45) is 0 Å². The maximum Gasteiger partial charge on any atom is 0.128 e. The van der Waals surface area contributed by atoms with Crippen molar-refractivity contribution in [1.29, 1.82) is 0 Å². The van der Waals surface area contributed by atoms with E-state index < -0.39 is 0 Å². The van der Waals surface area contributed by atoms with Crippen molar-refractivity contribution in [2.45, 2.75) is 25.9 Å². The number of nitrogen functional groups attached to an aromatic ring is 1. The van der Waals surface area contributed by atoms with Crippen molar-refractivity contribution in [3.05, 3.63) is 18.3 Å². The van der Waals surface area contributed by atoms with Crippen LogP contribution in [0.1, 0.15) is 19.8 Å². The normalized spacial score (nSPS) is 19.9. The first kappa shape index (κ1) is 11.2. The zero-order valence-electron chi connectivity index (χ0n) is 9.72. The number of likely N-dealkylation sites (N-methyl/N-ethyl adjacent to an activating group) is 1. The Morgan fingerprint density at radius 1 is 1.56 bits per heavy atom. The Balaban J connectivity index is 2.00. The fraction of sp³-hybridized carbons (Fsp3) is 0.583. The molecule has 1 aromatic heterocycles. The molecule has 0 amide bonds. The van der Waals surface area contributed by atoms with Crippen LogP contribution in [0.2, 0.25) is 0 Å². The van der Waals surface area contributed by atoms with Crippen molar-refractivity contribution in [3.63, 3.8) is 0 Å². The monoisotopic (exact) mass is 221 g/mol. The summed E-state index contributed by atoms with van der Waals surface area (Å²) in [6.45, 7) is 4.90. The van der Waals surface area contributed by atoms with Gasteiger partial charge in [-0.3, -0.25) is 0 Å². The van der Waals surface area contributed by atoms with Crippen LogP contribution in [0.4, 0.5) is 11.5 Å². The molecule has 1 saturated heterocycles. The highest BCUT2D eigenvalue weighted by Gasteiger charge is 2.19. The summed E-state index contributed by atoms with van der Waals surface area (Å²) in [4.78, 5) is 6.57. The first-order chi connectivity index (χ1) is 7.79. The molecule has 2 heterocycles. The number of aromatic nitrogens is 1. The minimum Gasteiger partial charge on any atom is -0.397 e. The highest BCUT2D eigenvalue weighted by atomic mass is 16.5. The summed E-state index contributed by atoms with van der Waals surface area (Å²) in [6.07, 6.45) is 4.40. The Kier molecular flexibility index (Phi) is 3.62. The van der Waals surface area contributed by atoms with E-state index in [-0.39, 0.29) is 0 Å². The second-order valence-electron chi connectivity index (χ2n) is 4.12. The van der Waals surface area contributed by atoms with Gasteiger partial charge in [-0.05, 0) is 31.9 Å². The molecule has 0 bridgehead atoms. The SMILES string of the molecule is CCN(CC1CCCO1)c1ccc(N)cn1. The molecular formula is C12H19N3O. The molecule has 0 radical (unpaired) electrons. The quantitative estimate of drug-likeness (QED) is 0.840. The van der Waals surface area contributed by atoms with Gasteiger partial charge in [0.1, 0.15) is 5.82 Å². The van der Waals surface area contributed by atoms with Crippen molar-refractivity contribution >= 4 is 11.5 Å². The number of nitrogens with zero attached hydrogens (tertiary/aromatic N) is 2. The molecule has 1 atom stereocenters. The van der Waals surface area contributed by atoms with Gasteiger partial charge in [0.25, 0.3) is 0 Å². The van der Waals surface area contributed by atoms with Gasteiger partial charge in [0.2, 0.25) is 0 Å². The van der Waals surface area contributed by atoms with Crippen LogP contribution in [0.3, 0.4) is 0 Å². The predicted molar refractivity (Wildman–Crippen MR) is 65.5 cm³/mol. The Bertz CT molecular complexity index is 320. The van der Waals surface area contributed by atoms with Crippen LogP contribution in [-0.4, -0.2) is 30.8 Å². The van der Waals surface area contributed by atoms with E-state index >= 15 is 0 Å². The molecule has 0 spiro atoms. The number of ether oxygens (including phenoxy) is 1. The molecule has 2 rings (SSSR count). The molecule has 88 valence electrons. The molecule has 1 fully saturated rings. The fourth-order valence-electron chi connectivity index (χ4n) is 2.00. The summed E-state index contributed by atoms with van der Waals surface area (Å²) in [5.41, 5.74) is 6.33. The summed E-state index contributed by atoms with van der Waals surface area (Å²) < 4.78 is 5.64. The lowest BCUT2D eigenvalue weighted by Gasteiger charge is -2.24. The minimum atomic E-state index is 0.360. The lowest BCUT2D eigenvalue weighted by molar-refractivity contribution is 0.115. The summed E-state index contributed by atoms with van der Waals surface area (Å²) in [5, 5.41) is 0. The fourth-order valence-corrected chi connectivity index (χ4v) is 2.00. The van der Waals surface area contributed by atoms with E-state index in [0.717, 1.165) is 31.9 Å². The topological polar surface area (TPSA) is 51.4 Å². The second-order valence-corrected chi connectivity index (χ2v) is 4.12. The second kappa shape index (κ2) is 5.16. The van der Waals surface area contributed by atoms with Crippen LogP contribution in [-0.2, 0) is 4.74 Å². The molecule has 1 aliphatic rings. The number of nitrogens with two attached hydrogens (primary N) is 1. The van der Waals surface area contributed by atoms with E-state index in [2.05, 4.69) is 16.8 Å². The number of hydrogen-bond acceptors (Lipinski definition) is 4. The van der Waals surface area contributed by atoms with Crippen molar-refractivity contribution in [3.8, 4) is 0 Å². The summed E-state index contributed by atoms with van der Waals surface area (Å²) in [6, 6.07) is 3.86. The first-order valence-electron chi connectivity index (χ1n) is 5.87. The van der Waals surface area contributed by atoms with E-state index in [4.69, 9.17) is 10.5 Å². The number of hydrogen-bond donors (Lipinski definition) is 1. The van der Waals surface area contributed by atoms with Gasteiger partial charge in [-0.1, -0.05) is 0 Å². The van der Waals surface area contributed by atoms with Crippen LogP contribution in [0, 0.1) is 0 Å². The molecule has 4 nitrogen and oxygen atoms in total. The molecule has 1 aromatic rings. The lowest BCUT2D eigenvalue weighted by Crippen LogP contribution is -2.32. The average Bonchev–Trinajstić information content (AvgIpc) is 2.80. The summed E-state index contributed by atoms with van der Waals surface area (Å²) in [7, 11) is 0. The Hall–Kier alpha value is -1.29. The average molecular weight is 221 g/mol. The number of pyridine rings is 1. The third-order valence-electron chi connectivity index (χ3n) is 2.92.